The summed E-state index contributed by atoms with van der Waals surface area (Å²) in [7, 11) is 1.57. The van der Waals surface area contributed by atoms with Gasteiger partial charge in [-0.25, -0.2) is 4.39 Å². The zero-order chi connectivity index (χ0) is 16.3. The lowest BCUT2D eigenvalue weighted by Gasteiger charge is -2.17. The van der Waals surface area contributed by atoms with Gasteiger partial charge in [0.15, 0.2) is 0 Å². The summed E-state index contributed by atoms with van der Waals surface area (Å²) in [6.07, 6.45) is 1.00. The fourth-order valence-electron chi connectivity index (χ4n) is 2.22. The van der Waals surface area contributed by atoms with Crippen LogP contribution in [0.25, 0.3) is 0 Å². The number of rotatable bonds is 5. The maximum absolute atomic E-state index is 13.2. The summed E-state index contributed by atoms with van der Waals surface area (Å²) in [5, 5.41) is 8.86. The molecular formula is C16H16FNO4. The predicted molar refractivity (Wildman–Crippen MR) is 77.0 cm³/mol. The molecule has 0 atom stereocenters. The van der Waals surface area contributed by atoms with Crippen molar-refractivity contribution >= 4 is 11.9 Å². The van der Waals surface area contributed by atoms with Crippen molar-refractivity contribution in [1.82, 2.24) is 4.90 Å². The molecule has 116 valence electrons. The van der Waals surface area contributed by atoms with E-state index in [1.807, 2.05) is 0 Å². The molecular weight excluding hydrogens is 289 g/mol. The Hall–Kier alpha value is -2.63. The van der Waals surface area contributed by atoms with Gasteiger partial charge in [0.25, 0.3) is 5.91 Å². The first-order chi connectivity index (χ1) is 10.4. The van der Waals surface area contributed by atoms with Crippen LogP contribution in [0.5, 0.6) is 0 Å². The normalized spacial score (nSPS) is 10.5. The Labute approximate surface area is 127 Å². The van der Waals surface area contributed by atoms with Gasteiger partial charge >= 0.3 is 5.97 Å². The van der Waals surface area contributed by atoms with Crippen LogP contribution in [0.3, 0.4) is 0 Å². The van der Waals surface area contributed by atoms with Crippen LogP contribution in [0.1, 0.15) is 27.2 Å². The molecule has 0 unspecified atom stereocenters. The smallest absolute Gasteiger partial charge is 0.311 e. The summed E-state index contributed by atoms with van der Waals surface area (Å²) in [4.78, 5) is 24.7. The highest BCUT2D eigenvalue weighted by atomic mass is 19.1. The summed E-state index contributed by atoms with van der Waals surface area (Å²) in [6.45, 7) is 1.89. The molecule has 0 radical (unpaired) electrons. The third-order valence-corrected chi connectivity index (χ3v) is 3.23. The van der Waals surface area contributed by atoms with Gasteiger partial charge in [0.05, 0.1) is 11.8 Å². The average molecular weight is 305 g/mol. The first kappa shape index (κ1) is 15.8. The van der Waals surface area contributed by atoms with Gasteiger partial charge in [0, 0.05) is 19.2 Å². The summed E-state index contributed by atoms with van der Waals surface area (Å²) in [6, 6.07) is 5.97. The van der Waals surface area contributed by atoms with Gasteiger partial charge in [-0.05, 0) is 24.6 Å². The molecule has 0 fully saturated rings. The number of carboxylic acids is 1. The van der Waals surface area contributed by atoms with E-state index in [1.54, 1.807) is 26.1 Å². The number of nitrogens with zero attached hydrogens (tertiary/aromatic N) is 1. The van der Waals surface area contributed by atoms with E-state index in [9.17, 15) is 14.0 Å². The summed E-state index contributed by atoms with van der Waals surface area (Å²) < 4.78 is 18.3. The minimum absolute atomic E-state index is 0.126. The van der Waals surface area contributed by atoms with Crippen molar-refractivity contribution in [2.75, 3.05) is 7.05 Å². The summed E-state index contributed by atoms with van der Waals surface area (Å²) in [5.74, 6) is -1.67. The molecule has 6 heteroatoms. The van der Waals surface area contributed by atoms with E-state index in [-0.39, 0.29) is 36.0 Å². The van der Waals surface area contributed by atoms with Gasteiger partial charge in [0.2, 0.25) is 0 Å². The number of carbonyl (C=O) groups is 2. The Bertz CT molecular complexity index is 708. The molecule has 1 aromatic carbocycles. The quantitative estimate of drug-likeness (QED) is 0.922. The van der Waals surface area contributed by atoms with Gasteiger partial charge in [-0.1, -0.05) is 12.1 Å². The number of carboxylic acid groups (broad SMARTS) is 1. The van der Waals surface area contributed by atoms with Crippen LogP contribution in [0.4, 0.5) is 4.39 Å². The van der Waals surface area contributed by atoms with Gasteiger partial charge < -0.3 is 14.4 Å². The monoisotopic (exact) mass is 305 g/mol. The molecule has 1 N–H and O–H groups in total. The molecule has 0 saturated carbocycles. The summed E-state index contributed by atoms with van der Waals surface area (Å²) >= 11 is 0. The number of aryl methyl sites for hydroxylation is 1. The third kappa shape index (κ3) is 3.52. The highest BCUT2D eigenvalue weighted by Gasteiger charge is 2.23. The Kier molecular flexibility index (Phi) is 4.60. The van der Waals surface area contributed by atoms with Crippen molar-refractivity contribution in [2.24, 2.45) is 0 Å². The second-order valence-corrected chi connectivity index (χ2v) is 5.08. The number of hydrogen-bond donors (Lipinski definition) is 1. The lowest BCUT2D eigenvalue weighted by Crippen LogP contribution is -2.27. The molecule has 0 spiro atoms. The Morgan fingerprint density at radius 3 is 2.73 bits per heavy atom. The molecule has 0 bridgehead atoms. The highest BCUT2D eigenvalue weighted by Crippen LogP contribution is 2.20. The van der Waals surface area contributed by atoms with Crippen molar-refractivity contribution in [3.05, 3.63) is 58.8 Å². The second kappa shape index (κ2) is 6.43. The maximum atomic E-state index is 13.2. The van der Waals surface area contributed by atoms with Crippen LogP contribution in [-0.4, -0.2) is 28.9 Å². The lowest BCUT2D eigenvalue weighted by atomic mass is 10.1. The average Bonchev–Trinajstić information content (AvgIpc) is 2.78. The van der Waals surface area contributed by atoms with E-state index in [0.717, 1.165) is 0 Å². The number of halogens is 1. The molecule has 0 aliphatic heterocycles. The molecule has 1 heterocycles. The van der Waals surface area contributed by atoms with Crippen molar-refractivity contribution in [3.8, 4) is 0 Å². The Morgan fingerprint density at radius 2 is 2.09 bits per heavy atom. The van der Waals surface area contributed by atoms with Crippen molar-refractivity contribution in [2.45, 2.75) is 19.9 Å². The second-order valence-electron chi connectivity index (χ2n) is 5.08. The van der Waals surface area contributed by atoms with Gasteiger partial charge in [0.1, 0.15) is 18.0 Å². The third-order valence-electron chi connectivity index (χ3n) is 3.23. The fraction of sp³-hybridized carbons (Fsp3) is 0.250. The number of hydrogen-bond acceptors (Lipinski definition) is 3. The molecule has 2 aromatic rings. The van der Waals surface area contributed by atoms with Gasteiger partial charge in [-0.2, -0.15) is 0 Å². The first-order valence-electron chi connectivity index (χ1n) is 6.67. The van der Waals surface area contributed by atoms with Crippen molar-refractivity contribution in [1.29, 1.82) is 0 Å². The minimum Gasteiger partial charge on any atom is -0.481 e. The number of amides is 1. The zero-order valence-corrected chi connectivity index (χ0v) is 12.3. The molecule has 1 aromatic heterocycles. The Balaban J connectivity index is 2.20. The topological polar surface area (TPSA) is 70.7 Å². The standard InChI is InChI=1S/C16H16FNO4/c1-10-9-22-13(7-14(19)20)15(10)16(21)18(2)8-11-4-3-5-12(17)6-11/h3-6,9H,7-8H2,1-2H3,(H,19,20). The lowest BCUT2D eigenvalue weighted by molar-refractivity contribution is -0.136. The van der Waals surface area contributed by atoms with E-state index in [1.165, 1.54) is 23.3 Å². The van der Waals surface area contributed by atoms with Crippen LogP contribution in [0, 0.1) is 12.7 Å². The van der Waals surface area contributed by atoms with E-state index < -0.39 is 5.97 Å². The van der Waals surface area contributed by atoms with Crippen LogP contribution in [-0.2, 0) is 17.8 Å². The van der Waals surface area contributed by atoms with Crippen LogP contribution < -0.4 is 0 Å². The van der Waals surface area contributed by atoms with Gasteiger partial charge in [-0.15, -0.1) is 0 Å². The number of benzene rings is 1. The SMILES string of the molecule is Cc1coc(CC(=O)O)c1C(=O)N(C)Cc1cccc(F)c1. The highest BCUT2D eigenvalue weighted by molar-refractivity contribution is 5.97. The van der Waals surface area contributed by atoms with E-state index in [4.69, 9.17) is 9.52 Å². The molecule has 1 amide bonds. The number of carbonyl (C=O) groups excluding carboxylic acids is 1. The minimum atomic E-state index is -1.07. The Morgan fingerprint density at radius 1 is 1.36 bits per heavy atom. The first-order valence-corrected chi connectivity index (χ1v) is 6.67. The molecule has 2 rings (SSSR count). The van der Waals surface area contributed by atoms with Gasteiger partial charge in [-0.3, -0.25) is 9.59 Å². The molecule has 0 aliphatic rings. The van der Waals surface area contributed by atoms with E-state index in [0.29, 0.717) is 11.1 Å². The summed E-state index contributed by atoms with van der Waals surface area (Å²) in [5.41, 5.74) is 1.48. The molecule has 5 nitrogen and oxygen atoms in total. The number of furan rings is 1. The van der Waals surface area contributed by atoms with Crippen molar-refractivity contribution < 1.29 is 23.5 Å². The largest absolute Gasteiger partial charge is 0.481 e. The fourth-order valence-corrected chi connectivity index (χ4v) is 2.22. The maximum Gasteiger partial charge on any atom is 0.311 e. The number of aliphatic carboxylic acids is 1. The van der Waals surface area contributed by atoms with Crippen LogP contribution in [0.15, 0.2) is 34.9 Å². The van der Waals surface area contributed by atoms with E-state index >= 15 is 0 Å². The van der Waals surface area contributed by atoms with Crippen molar-refractivity contribution in [3.63, 3.8) is 0 Å². The van der Waals surface area contributed by atoms with Crippen LogP contribution >= 0.6 is 0 Å². The zero-order valence-electron chi connectivity index (χ0n) is 12.3. The van der Waals surface area contributed by atoms with E-state index in [2.05, 4.69) is 0 Å². The molecule has 22 heavy (non-hydrogen) atoms. The molecule has 0 aliphatic carbocycles. The predicted octanol–water partition coefficient (Wildman–Crippen LogP) is 2.63. The molecule has 0 saturated heterocycles. The van der Waals surface area contributed by atoms with Crippen LogP contribution in [0.2, 0.25) is 0 Å².